The minimum absolute atomic E-state index is 0.0963. The third-order valence-electron chi connectivity index (χ3n) is 5.28. The van der Waals surface area contributed by atoms with Crippen molar-refractivity contribution in [2.75, 3.05) is 0 Å². The van der Waals surface area contributed by atoms with E-state index in [1.165, 1.54) is 19.3 Å². The number of nitrogens with zero attached hydrogens (tertiary/aromatic N) is 2. The number of hydrogen-bond acceptors (Lipinski definition) is 3. The zero-order chi connectivity index (χ0) is 14.3. The lowest BCUT2D eigenvalue weighted by Gasteiger charge is -2.26. The fourth-order valence-corrected chi connectivity index (χ4v) is 4.21. The molecule has 2 aliphatic rings. The molecule has 1 heterocycles. The molecule has 2 N–H and O–H groups in total. The van der Waals surface area contributed by atoms with Gasteiger partial charge in [0.1, 0.15) is 5.78 Å². The molecular formula is C16H25N3O. The average Bonchev–Trinajstić information content (AvgIpc) is 3.12. The third-order valence-corrected chi connectivity index (χ3v) is 5.28. The molecule has 2 saturated carbocycles. The highest BCUT2D eigenvalue weighted by Crippen LogP contribution is 2.48. The van der Waals surface area contributed by atoms with Crippen LogP contribution < -0.4 is 5.73 Å². The van der Waals surface area contributed by atoms with E-state index in [0.717, 1.165) is 24.4 Å². The molecule has 0 saturated heterocycles. The Bertz CT molecular complexity index is 506. The van der Waals surface area contributed by atoms with Gasteiger partial charge in [0.05, 0.1) is 5.69 Å². The van der Waals surface area contributed by atoms with Crippen molar-refractivity contribution in [2.24, 2.45) is 23.5 Å². The molecule has 2 bridgehead atoms. The molecule has 1 aromatic rings. The number of fused-ring (bicyclic) bond motifs is 2. The van der Waals surface area contributed by atoms with Gasteiger partial charge >= 0.3 is 0 Å². The predicted molar refractivity (Wildman–Crippen MR) is 78.3 cm³/mol. The summed E-state index contributed by atoms with van der Waals surface area (Å²) in [7, 11) is 0. The van der Waals surface area contributed by atoms with Crippen LogP contribution in [-0.4, -0.2) is 21.6 Å². The fraction of sp³-hybridized carbons (Fsp3) is 0.750. The Labute approximate surface area is 120 Å². The molecule has 0 aliphatic heterocycles. The number of ketones is 1. The van der Waals surface area contributed by atoms with Crippen LogP contribution in [0.15, 0.2) is 6.07 Å². The van der Waals surface area contributed by atoms with E-state index >= 15 is 0 Å². The zero-order valence-electron chi connectivity index (χ0n) is 12.5. The fourth-order valence-electron chi connectivity index (χ4n) is 4.21. The first-order valence-corrected chi connectivity index (χ1v) is 7.97. The molecule has 110 valence electrons. The van der Waals surface area contributed by atoms with Gasteiger partial charge in [0.15, 0.2) is 0 Å². The highest BCUT2D eigenvalue weighted by atomic mass is 16.1. The maximum absolute atomic E-state index is 12.7. The minimum atomic E-state index is 0.0963. The first-order chi connectivity index (χ1) is 9.63. The number of hydrogen-bond donors (Lipinski definition) is 1. The van der Waals surface area contributed by atoms with Crippen LogP contribution in [0.4, 0.5) is 0 Å². The van der Waals surface area contributed by atoms with E-state index in [0.29, 0.717) is 24.0 Å². The molecule has 4 nitrogen and oxygen atoms in total. The van der Waals surface area contributed by atoms with E-state index in [4.69, 9.17) is 5.73 Å². The Kier molecular flexibility index (Phi) is 3.67. The molecular weight excluding hydrogens is 250 g/mol. The van der Waals surface area contributed by atoms with Crippen molar-refractivity contribution >= 4 is 5.78 Å². The van der Waals surface area contributed by atoms with Gasteiger partial charge in [0, 0.05) is 30.6 Å². The normalized spacial score (nSPS) is 31.9. The lowest BCUT2D eigenvalue weighted by atomic mass is 9.81. The molecule has 4 heteroatoms. The van der Waals surface area contributed by atoms with Gasteiger partial charge in [-0.1, -0.05) is 6.92 Å². The Morgan fingerprint density at radius 3 is 2.75 bits per heavy atom. The second-order valence-electron chi connectivity index (χ2n) is 6.38. The standard InChI is InChI=1S/C16H25N3O/c1-3-12-8-13(19(4-2)18-12)9-14(20)15-10-5-6-11(7-10)16(15)17/h8,10-11,15-16H,3-7,9,17H2,1-2H3. The quantitative estimate of drug-likeness (QED) is 0.893. The largest absolute Gasteiger partial charge is 0.327 e. The maximum Gasteiger partial charge on any atom is 0.143 e. The second kappa shape index (κ2) is 5.32. The summed E-state index contributed by atoms with van der Waals surface area (Å²) in [6.07, 6.45) is 5.01. The van der Waals surface area contributed by atoms with Gasteiger partial charge < -0.3 is 5.73 Å². The second-order valence-corrected chi connectivity index (χ2v) is 6.38. The number of Topliss-reactive ketones (excluding diaryl/α,β-unsaturated/α-hetero) is 1. The third kappa shape index (κ3) is 2.20. The summed E-state index contributed by atoms with van der Waals surface area (Å²) >= 11 is 0. The average molecular weight is 275 g/mol. The summed E-state index contributed by atoms with van der Waals surface area (Å²) in [5, 5.41) is 4.53. The summed E-state index contributed by atoms with van der Waals surface area (Å²) in [5.41, 5.74) is 8.41. The maximum atomic E-state index is 12.7. The van der Waals surface area contributed by atoms with Crippen molar-refractivity contribution in [1.82, 2.24) is 9.78 Å². The number of carbonyl (C=O) groups is 1. The van der Waals surface area contributed by atoms with Crippen LogP contribution in [0.2, 0.25) is 0 Å². The van der Waals surface area contributed by atoms with E-state index in [1.807, 2.05) is 4.68 Å². The SMILES string of the molecule is CCc1cc(CC(=O)C2C3CCC(C3)C2N)n(CC)n1. The molecule has 2 fully saturated rings. The molecule has 4 unspecified atom stereocenters. The highest BCUT2D eigenvalue weighted by molar-refractivity contribution is 5.84. The molecule has 2 aliphatic carbocycles. The summed E-state index contributed by atoms with van der Waals surface area (Å²) < 4.78 is 1.97. The van der Waals surface area contributed by atoms with Crippen LogP contribution in [0.3, 0.4) is 0 Å². The first kappa shape index (κ1) is 13.8. The van der Waals surface area contributed by atoms with Gasteiger partial charge in [-0.15, -0.1) is 0 Å². The van der Waals surface area contributed by atoms with Crippen molar-refractivity contribution in [3.05, 3.63) is 17.5 Å². The van der Waals surface area contributed by atoms with E-state index in [9.17, 15) is 4.79 Å². The first-order valence-electron chi connectivity index (χ1n) is 7.97. The number of rotatable bonds is 5. The van der Waals surface area contributed by atoms with Gasteiger partial charge in [-0.3, -0.25) is 9.48 Å². The monoisotopic (exact) mass is 275 g/mol. The summed E-state index contributed by atoms with van der Waals surface area (Å²) in [4.78, 5) is 12.7. The van der Waals surface area contributed by atoms with E-state index in [1.54, 1.807) is 0 Å². The molecule has 0 amide bonds. The Balaban J connectivity index is 1.74. The van der Waals surface area contributed by atoms with Crippen molar-refractivity contribution in [3.8, 4) is 0 Å². The zero-order valence-corrected chi connectivity index (χ0v) is 12.5. The van der Waals surface area contributed by atoms with Crippen LogP contribution in [-0.2, 0) is 24.2 Å². The molecule has 0 spiro atoms. The smallest absolute Gasteiger partial charge is 0.143 e. The minimum Gasteiger partial charge on any atom is -0.327 e. The lowest BCUT2D eigenvalue weighted by molar-refractivity contribution is -0.124. The van der Waals surface area contributed by atoms with E-state index < -0.39 is 0 Å². The van der Waals surface area contributed by atoms with E-state index in [-0.39, 0.29) is 12.0 Å². The molecule has 3 rings (SSSR count). The van der Waals surface area contributed by atoms with Crippen molar-refractivity contribution in [3.63, 3.8) is 0 Å². The number of nitrogens with two attached hydrogens (primary N) is 1. The van der Waals surface area contributed by atoms with Crippen molar-refractivity contribution < 1.29 is 4.79 Å². The number of carbonyl (C=O) groups excluding carboxylic acids is 1. The highest BCUT2D eigenvalue weighted by Gasteiger charge is 2.48. The summed E-state index contributed by atoms with van der Waals surface area (Å²) in [6, 6.07) is 2.19. The van der Waals surface area contributed by atoms with Crippen molar-refractivity contribution in [1.29, 1.82) is 0 Å². The molecule has 1 aromatic heterocycles. The summed E-state index contributed by atoms with van der Waals surface area (Å²) in [5.74, 6) is 1.57. The lowest BCUT2D eigenvalue weighted by Crippen LogP contribution is -2.41. The van der Waals surface area contributed by atoms with Gasteiger partial charge in [0.2, 0.25) is 0 Å². The molecule has 0 aromatic carbocycles. The van der Waals surface area contributed by atoms with Gasteiger partial charge in [0.25, 0.3) is 0 Å². The van der Waals surface area contributed by atoms with Gasteiger partial charge in [-0.2, -0.15) is 5.10 Å². The van der Waals surface area contributed by atoms with Crippen LogP contribution in [0, 0.1) is 17.8 Å². The number of aryl methyl sites for hydroxylation is 2. The van der Waals surface area contributed by atoms with E-state index in [2.05, 4.69) is 25.0 Å². The molecule has 4 atom stereocenters. The van der Waals surface area contributed by atoms with Crippen LogP contribution in [0.1, 0.15) is 44.5 Å². The van der Waals surface area contributed by atoms with Gasteiger partial charge in [-0.25, -0.2) is 0 Å². The van der Waals surface area contributed by atoms with Crippen molar-refractivity contribution in [2.45, 2.75) is 58.5 Å². The van der Waals surface area contributed by atoms with Gasteiger partial charge in [-0.05, 0) is 50.5 Å². The summed E-state index contributed by atoms with van der Waals surface area (Å²) in [6.45, 7) is 4.99. The molecule has 0 radical (unpaired) electrons. The topological polar surface area (TPSA) is 60.9 Å². The van der Waals surface area contributed by atoms with Crippen LogP contribution >= 0.6 is 0 Å². The van der Waals surface area contributed by atoms with Crippen LogP contribution in [0.5, 0.6) is 0 Å². The Hall–Kier alpha value is -1.16. The Morgan fingerprint density at radius 2 is 2.15 bits per heavy atom. The Morgan fingerprint density at radius 1 is 1.40 bits per heavy atom. The van der Waals surface area contributed by atoms with Crippen LogP contribution in [0.25, 0.3) is 0 Å². The molecule has 20 heavy (non-hydrogen) atoms. The predicted octanol–water partition coefficient (Wildman–Crippen LogP) is 1.95. The number of aromatic nitrogens is 2.